The molecule has 2 nitrogen and oxygen atoms in total. The second-order valence-electron chi connectivity index (χ2n) is 4.69. The zero-order valence-electron chi connectivity index (χ0n) is 11.0. The van der Waals surface area contributed by atoms with E-state index in [-0.39, 0.29) is 5.60 Å². The van der Waals surface area contributed by atoms with E-state index in [4.69, 9.17) is 10.5 Å². The monoisotopic (exact) mass is 367 g/mol. The van der Waals surface area contributed by atoms with Gasteiger partial charge in [0.25, 0.3) is 0 Å². The minimum absolute atomic E-state index is 0.386. The summed E-state index contributed by atoms with van der Waals surface area (Å²) in [6.45, 7) is 2.68. The zero-order chi connectivity index (χ0) is 13.7. The highest BCUT2D eigenvalue weighted by atomic mass is 127. The highest BCUT2D eigenvalue weighted by molar-refractivity contribution is 14.1. The number of benzene rings is 2. The van der Waals surface area contributed by atoms with Crippen molar-refractivity contribution in [3.63, 3.8) is 0 Å². The molecule has 0 amide bonds. The lowest BCUT2D eigenvalue weighted by Gasteiger charge is -2.31. The van der Waals surface area contributed by atoms with E-state index in [0.717, 1.165) is 17.7 Å². The molecule has 3 heteroatoms. The van der Waals surface area contributed by atoms with Crippen molar-refractivity contribution in [3.8, 4) is 5.75 Å². The summed E-state index contributed by atoms with van der Waals surface area (Å²) in [5, 5.41) is 0. The van der Waals surface area contributed by atoms with Crippen LogP contribution in [0, 0.1) is 3.57 Å². The summed E-state index contributed by atoms with van der Waals surface area (Å²) in [4.78, 5) is 0. The molecular formula is C16H18INO. The largest absolute Gasteiger partial charge is 0.483 e. The van der Waals surface area contributed by atoms with Gasteiger partial charge in [-0.05, 0) is 65.9 Å². The minimum atomic E-state index is -0.386. The Hall–Kier alpha value is -1.07. The Balaban J connectivity index is 2.27. The van der Waals surface area contributed by atoms with Crippen molar-refractivity contribution in [1.82, 2.24) is 0 Å². The van der Waals surface area contributed by atoms with Crippen molar-refractivity contribution in [2.24, 2.45) is 5.73 Å². The second kappa shape index (κ2) is 6.39. The average molecular weight is 367 g/mol. The molecule has 2 aromatic carbocycles. The quantitative estimate of drug-likeness (QED) is 0.813. The van der Waals surface area contributed by atoms with Crippen LogP contribution in [0.4, 0.5) is 0 Å². The van der Waals surface area contributed by atoms with Crippen molar-refractivity contribution in [3.05, 3.63) is 63.7 Å². The summed E-state index contributed by atoms with van der Waals surface area (Å²) in [6, 6.07) is 18.3. The van der Waals surface area contributed by atoms with Crippen molar-refractivity contribution >= 4 is 22.6 Å². The third-order valence-corrected chi connectivity index (χ3v) is 3.88. The van der Waals surface area contributed by atoms with E-state index in [9.17, 15) is 0 Å². The number of hydrogen-bond donors (Lipinski definition) is 1. The molecule has 0 saturated heterocycles. The van der Waals surface area contributed by atoms with Crippen LogP contribution in [-0.2, 0) is 5.60 Å². The Bertz CT molecular complexity index is 512. The van der Waals surface area contributed by atoms with Crippen LogP contribution in [0.15, 0.2) is 54.6 Å². The number of ether oxygens (including phenoxy) is 1. The van der Waals surface area contributed by atoms with Crippen molar-refractivity contribution < 1.29 is 4.74 Å². The third kappa shape index (κ3) is 3.70. The predicted molar refractivity (Wildman–Crippen MR) is 87.3 cm³/mol. The number of halogens is 1. The molecule has 0 saturated carbocycles. The van der Waals surface area contributed by atoms with Gasteiger partial charge >= 0.3 is 0 Å². The van der Waals surface area contributed by atoms with Crippen LogP contribution in [0.1, 0.15) is 18.9 Å². The maximum atomic E-state index is 6.20. The van der Waals surface area contributed by atoms with Crippen molar-refractivity contribution in [1.29, 1.82) is 0 Å². The van der Waals surface area contributed by atoms with Crippen LogP contribution in [-0.4, -0.2) is 6.54 Å². The summed E-state index contributed by atoms with van der Waals surface area (Å²) in [5.74, 6) is 0.875. The van der Waals surface area contributed by atoms with Crippen LogP contribution < -0.4 is 10.5 Å². The van der Waals surface area contributed by atoms with Gasteiger partial charge in [0.2, 0.25) is 0 Å². The first-order valence-electron chi connectivity index (χ1n) is 6.34. The van der Waals surface area contributed by atoms with Crippen LogP contribution in [0.3, 0.4) is 0 Å². The molecule has 0 spiro atoms. The van der Waals surface area contributed by atoms with E-state index in [2.05, 4.69) is 41.6 Å². The van der Waals surface area contributed by atoms with Gasteiger partial charge in [0, 0.05) is 9.99 Å². The van der Waals surface area contributed by atoms with Crippen LogP contribution in [0.2, 0.25) is 0 Å². The molecule has 2 N–H and O–H groups in total. The van der Waals surface area contributed by atoms with E-state index in [0.29, 0.717) is 6.54 Å². The molecule has 0 bridgehead atoms. The fourth-order valence-corrected chi connectivity index (χ4v) is 2.44. The Labute approximate surface area is 128 Å². The van der Waals surface area contributed by atoms with E-state index in [1.165, 1.54) is 3.57 Å². The molecule has 0 fully saturated rings. The molecule has 2 rings (SSSR count). The van der Waals surface area contributed by atoms with Crippen molar-refractivity contribution in [2.45, 2.75) is 18.9 Å². The normalized spacial score (nSPS) is 13.8. The SMILES string of the molecule is CC(CCN)(Oc1ccc(I)cc1)c1ccccc1. The highest BCUT2D eigenvalue weighted by Crippen LogP contribution is 2.31. The van der Waals surface area contributed by atoms with E-state index < -0.39 is 0 Å². The highest BCUT2D eigenvalue weighted by Gasteiger charge is 2.27. The molecule has 0 aliphatic carbocycles. The first kappa shape index (κ1) is 14.3. The standard InChI is InChI=1S/C16H18INO/c1-16(11-12-18,13-5-3-2-4-6-13)19-15-9-7-14(17)8-10-15/h2-10H,11-12,18H2,1H3. The first-order chi connectivity index (χ1) is 9.14. The van der Waals surface area contributed by atoms with Crippen LogP contribution >= 0.6 is 22.6 Å². The third-order valence-electron chi connectivity index (χ3n) is 3.16. The predicted octanol–water partition coefficient (Wildman–Crippen LogP) is 3.93. The molecule has 1 unspecified atom stereocenters. The molecular weight excluding hydrogens is 349 g/mol. The molecule has 0 aromatic heterocycles. The summed E-state index contributed by atoms with van der Waals surface area (Å²) in [7, 11) is 0. The summed E-state index contributed by atoms with van der Waals surface area (Å²) >= 11 is 2.29. The number of hydrogen-bond acceptors (Lipinski definition) is 2. The molecule has 0 radical (unpaired) electrons. The van der Waals surface area contributed by atoms with Gasteiger partial charge in [0.05, 0.1) is 0 Å². The fraction of sp³-hybridized carbons (Fsp3) is 0.250. The molecule has 2 aromatic rings. The van der Waals surface area contributed by atoms with E-state index >= 15 is 0 Å². The van der Waals surface area contributed by atoms with Gasteiger partial charge in [0.1, 0.15) is 11.4 Å². The fourth-order valence-electron chi connectivity index (χ4n) is 2.08. The van der Waals surface area contributed by atoms with Gasteiger partial charge in [-0.2, -0.15) is 0 Å². The number of rotatable bonds is 5. The lowest BCUT2D eigenvalue weighted by atomic mass is 9.92. The van der Waals surface area contributed by atoms with Crippen LogP contribution in [0.25, 0.3) is 0 Å². The molecule has 1 atom stereocenters. The molecule has 0 aliphatic rings. The van der Waals surface area contributed by atoms with Gasteiger partial charge in [0.15, 0.2) is 0 Å². The Morgan fingerprint density at radius 3 is 2.26 bits per heavy atom. The lowest BCUT2D eigenvalue weighted by molar-refractivity contribution is 0.0797. The van der Waals surface area contributed by atoms with Gasteiger partial charge < -0.3 is 10.5 Å². The Morgan fingerprint density at radius 1 is 1.05 bits per heavy atom. The first-order valence-corrected chi connectivity index (χ1v) is 7.42. The molecule has 0 aliphatic heterocycles. The maximum Gasteiger partial charge on any atom is 0.132 e. The summed E-state index contributed by atoms with van der Waals surface area (Å²) in [6.07, 6.45) is 0.781. The van der Waals surface area contributed by atoms with Gasteiger partial charge in [-0.25, -0.2) is 0 Å². The maximum absolute atomic E-state index is 6.20. The summed E-state index contributed by atoms with van der Waals surface area (Å²) in [5.41, 5.74) is 6.51. The van der Waals surface area contributed by atoms with Gasteiger partial charge in [-0.15, -0.1) is 0 Å². The molecule has 19 heavy (non-hydrogen) atoms. The Morgan fingerprint density at radius 2 is 1.68 bits per heavy atom. The Kier molecular flexibility index (Phi) is 4.82. The number of nitrogens with two attached hydrogens (primary N) is 1. The smallest absolute Gasteiger partial charge is 0.132 e. The van der Waals surface area contributed by atoms with Gasteiger partial charge in [-0.1, -0.05) is 30.3 Å². The topological polar surface area (TPSA) is 35.2 Å². The average Bonchev–Trinajstić information content (AvgIpc) is 2.43. The van der Waals surface area contributed by atoms with E-state index in [1.807, 2.05) is 42.5 Å². The van der Waals surface area contributed by atoms with Crippen LogP contribution in [0.5, 0.6) is 5.75 Å². The minimum Gasteiger partial charge on any atom is -0.483 e. The zero-order valence-corrected chi connectivity index (χ0v) is 13.1. The molecule has 0 heterocycles. The van der Waals surface area contributed by atoms with Crippen molar-refractivity contribution in [2.75, 3.05) is 6.54 Å². The lowest BCUT2D eigenvalue weighted by Crippen LogP contribution is -2.32. The second-order valence-corrected chi connectivity index (χ2v) is 5.94. The van der Waals surface area contributed by atoms with E-state index in [1.54, 1.807) is 0 Å². The molecule has 100 valence electrons. The van der Waals surface area contributed by atoms with Gasteiger partial charge in [-0.3, -0.25) is 0 Å². The summed E-state index contributed by atoms with van der Waals surface area (Å²) < 4.78 is 7.40.